The number of aliphatic hydroxyl groups is 2. The van der Waals surface area contributed by atoms with Crippen LogP contribution in [0.5, 0.6) is 0 Å². The molecule has 91 heavy (non-hydrogen) atoms. The minimum atomic E-state index is -4.33. The maximum Gasteiger partial charge on any atom is 0.338 e. The Bertz CT molecular complexity index is 3330. The second-order valence-corrected chi connectivity index (χ2v) is 21.6. The van der Waals surface area contributed by atoms with Gasteiger partial charge in [0.25, 0.3) is 10.1 Å². The largest absolute Gasteiger partial charge is 0.459 e. The number of alkyl halides is 6. The first-order chi connectivity index (χ1) is 43.3. The fourth-order valence-corrected chi connectivity index (χ4v) is 9.43. The summed E-state index contributed by atoms with van der Waals surface area (Å²) in [5.41, 5.74) is 0.440. The summed E-state index contributed by atoms with van der Waals surface area (Å²) in [6.07, 6.45) is -6.82. The molecule has 0 aliphatic carbocycles. The minimum Gasteiger partial charge on any atom is -0.459 e. The average molecular weight is 1310 g/mol. The van der Waals surface area contributed by atoms with E-state index in [0.29, 0.717) is 19.3 Å². The quantitative estimate of drug-likeness (QED) is 0.0312. The van der Waals surface area contributed by atoms with Gasteiger partial charge in [-0.25, -0.2) is 37.7 Å². The Balaban J connectivity index is 0.000000189. The van der Waals surface area contributed by atoms with E-state index >= 15 is 8.78 Å². The Labute approximate surface area is 515 Å². The van der Waals surface area contributed by atoms with Crippen molar-refractivity contribution >= 4 is 52.1 Å². The molecule has 32 heteroatoms. The van der Waals surface area contributed by atoms with E-state index in [2.05, 4.69) is 25.5 Å². The Morgan fingerprint density at radius 2 is 0.868 bits per heavy atom. The third-order valence-electron chi connectivity index (χ3n) is 13.5. The third kappa shape index (κ3) is 18.6. The Morgan fingerprint density at radius 3 is 1.26 bits per heavy atom. The van der Waals surface area contributed by atoms with E-state index in [-0.39, 0.29) is 54.5 Å². The van der Waals surface area contributed by atoms with Crippen LogP contribution in [-0.2, 0) is 47.5 Å². The zero-order valence-electron chi connectivity index (χ0n) is 48.0. The van der Waals surface area contributed by atoms with E-state index in [1.807, 2.05) is 12.2 Å². The molecule has 0 saturated carbocycles. The highest BCUT2D eigenvalue weighted by Gasteiger charge is 2.66. The van der Waals surface area contributed by atoms with Crippen LogP contribution in [0.2, 0.25) is 0 Å². The molecule has 6 aliphatic rings. The molecule has 3 fully saturated rings. The first kappa shape index (κ1) is 69.6. The minimum absolute atomic E-state index is 0.00851. The monoisotopic (exact) mass is 1300 g/mol. The molecule has 6 aliphatic heterocycles. The number of hydrogen-bond donors (Lipinski definition) is 6. The molecule has 0 aromatic heterocycles. The molecule has 0 radical (unpaired) electrons. The molecule has 6 N–H and O–H groups in total. The number of nitrogens with zero attached hydrogens (tertiary/aromatic N) is 2. The van der Waals surface area contributed by atoms with Gasteiger partial charge < -0.3 is 64.6 Å². The molecule has 3 saturated heterocycles. The van der Waals surface area contributed by atoms with Crippen LogP contribution in [0, 0.1) is 0 Å². The van der Waals surface area contributed by atoms with Gasteiger partial charge in [0, 0.05) is 39.3 Å². The summed E-state index contributed by atoms with van der Waals surface area (Å²) in [5, 5.41) is 28.3. The molecule has 0 bridgehead atoms. The van der Waals surface area contributed by atoms with E-state index in [0.717, 1.165) is 9.80 Å². The number of nitrogens with one attached hydrogen (secondary N) is 4. The van der Waals surface area contributed by atoms with Gasteiger partial charge in [-0.3, -0.25) is 9.80 Å². The zero-order valence-corrected chi connectivity index (χ0v) is 48.8. The van der Waals surface area contributed by atoms with E-state index < -0.39 is 139 Å². The summed E-state index contributed by atoms with van der Waals surface area (Å²) in [4.78, 5) is 85.3. The number of amides is 6. The third-order valence-corrected chi connectivity index (χ3v) is 14.0. The van der Waals surface area contributed by atoms with E-state index in [9.17, 15) is 64.6 Å². The number of carbonyl (C=O) groups excluding carboxylic acids is 7. The van der Waals surface area contributed by atoms with Crippen molar-refractivity contribution < 1.29 is 116 Å². The van der Waals surface area contributed by atoms with Gasteiger partial charge in [0.05, 0.1) is 35.1 Å². The SMILES string of the molecule is CS(=O)(=O)OC1O[C@H](COC(=O)c2ccccc2)[C@@H](OC(=O)c2ccccc2)C1(F)F.O=C(OC[C@H]1O[C@@H](N2CC=CCNC2=O)C(F)(F)[C@@H]1OC(=O)c1ccccc1)c1ccccc1.O=C1NCC=CCN1.O=C1NCC=CCN1[C@@H]1O[C@H](CO)[C@@H](O)C1(F)F. The number of ether oxygens (including phenoxy) is 7. The molecule has 4 aromatic rings. The maximum atomic E-state index is 15.5. The first-order valence-corrected chi connectivity index (χ1v) is 29.4. The van der Waals surface area contributed by atoms with Gasteiger partial charge >= 0.3 is 59.7 Å². The van der Waals surface area contributed by atoms with Crippen molar-refractivity contribution in [3.8, 4) is 0 Å². The highest BCUT2D eigenvalue weighted by atomic mass is 32.2. The van der Waals surface area contributed by atoms with Crippen molar-refractivity contribution in [3.63, 3.8) is 0 Å². The lowest BCUT2D eigenvalue weighted by atomic mass is 10.1. The lowest BCUT2D eigenvalue weighted by Gasteiger charge is -2.30. The summed E-state index contributed by atoms with van der Waals surface area (Å²) in [6.45, 7) is -0.551. The van der Waals surface area contributed by atoms with Crippen LogP contribution in [0.3, 0.4) is 0 Å². The molecule has 6 heterocycles. The second-order valence-electron chi connectivity index (χ2n) is 20.0. The highest BCUT2D eigenvalue weighted by molar-refractivity contribution is 7.86. The lowest BCUT2D eigenvalue weighted by Crippen LogP contribution is -2.54. The van der Waals surface area contributed by atoms with Gasteiger partial charge in [0.15, 0.2) is 12.2 Å². The Kier molecular flexibility index (Phi) is 24.2. The van der Waals surface area contributed by atoms with E-state index in [4.69, 9.17) is 38.3 Å². The fourth-order valence-electron chi connectivity index (χ4n) is 8.94. The molecular formula is C59H62F6N6O19S. The Hall–Kier alpha value is -8.92. The first-order valence-electron chi connectivity index (χ1n) is 27.6. The summed E-state index contributed by atoms with van der Waals surface area (Å²) >= 11 is 0. The van der Waals surface area contributed by atoms with Crippen LogP contribution in [0.1, 0.15) is 41.4 Å². The van der Waals surface area contributed by atoms with Crippen LogP contribution in [0.25, 0.3) is 0 Å². The number of rotatable bonds is 15. The molecule has 490 valence electrons. The molecule has 9 atom stereocenters. The van der Waals surface area contributed by atoms with Crippen molar-refractivity contribution in [2.75, 3.05) is 65.3 Å². The van der Waals surface area contributed by atoms with Gasteiger partial charge in [-0.1, -0.05) is 109 Å². The Morgan fingerprint density at radius 1 is 0.516 bits per heavy atom. The van der Waals surface area contributed by atoms with Crippen LogP contribution < -0.4 is 21.3 Å². The van der Waals surface area contributed by atoms with Crippen LogP contribution in [-0.4, -0.2) is 209 Å². The van der Waals surface area contributed by atoms with Gasteiger partial charge in [0.1, 0.15) is 31.5 Å². The molecular weight excluding hydrogens is 1240 g/mol. The number of urea groups is 3. The van der Waals surface area contributed by atoms with Crippen molar-refractivity contribution in [3.05, 3.63) is 180 Å². The van der Waals surface area contributed by atoms with Crippen LogP contribution in [0.4, 0.5) is 40.7 Å². The van der Waals surface area contributed by atoms with Crippen molar-refractivity contribution in [1.82, 2.24) is 31.1 Å². The standard InChI is InChI=1S/C24H22F2N2O6.C20H18F2O8S.C10H14F2N2O4.C5H8N2O/c25-24(26)19(34-21(30)17-11-5-2-6-12-17)18(15-32-20(29)16-9-3-1-4-10-16)33-22(24)28-14-8-7-13-27-23(28)31;1-31(25,26)30-19-20(21,22)16(29-18(24)14-10-6-3-7-11-14)15(28-19)12-27-17(23)13-8-4-2-5-9-13;11-10(12)7(16)6(5-15)18-8(10)14-4-2-1-3-13-9(14)17;8-5-6-3-1-2-4-7-5/h1-12,18-19,22H,13-15H2,(H,27,31);2-11,15-16,19H,12H2,1H3;1-2,6-8,15-16H,3-5H2,(H,13,17);1-2H,3-4H2,(H2,6,7,8)/t18-,19-,22-;15-,16-,19?;6-,7-,8-;/m111./s1. The van der Waals surface area contributed by atoms with Crippen molar-refractivity contribution in [2.24, 2.45) is 0 Å². The lowest BCUT2D eigenvalue weighted by molar-refractivity contribution is -0.183. The summed E-state index contributed by atoms with van der Waals surface area (Å²) < 4.78 is 151. The van der Waals surface area contributed by atoms with Gasteiger partial charge in [-0.15, -0.1) is 0 Å². The molecule has 25 nitrogen and oxygen atoms in total. The van der Waals surface area contributed by atoms with Crippen LogP contribution >= 0.6 is 0 Å². The number of halogens is 6. The van der Waals surface area contributed by atoms with Gasteiger partial charge in [0.2, 0.25) is 24.8 Å². The molecule has 4 aromatic carbocycles. The number of aliphatic hydroxyl groups excluding tert-OH is 2. The molecule has 1 unspecified atom stereocenters. The number of hydrogen-bond acceptors (Lipinski definition) is 19. The topological polar surface area (TPSA) is 323 Å². The maximum absolute atomic E-state index is 15.5. The average Bonchev–Trinajstić information content (AvgIpc) is 1.65. The van der Waals surface area contributed by atoms with Crippen molar-refractivity contribution in [1.29, 1.82) is 0 Å². The van der Waals surface area contributed by atoms with E-state index in [1.54, 1.807) is 85.0 Å². The smallest absolute Gasteiger partial charge is 0.338 e. The fraction of sp³-hybridized carbons (Fsp3) is 0.373. The number of esters is 4. The highest BCUT2D eigenvalue weighted by Crippen LogP contribution is 2.43. The summed E-state index contributed by atoms with van der Waals surface area (Å²) in [6, 6.07) is 29.2. The molecule has 6 amide bonds. The predicted octanol–water partition coefficient (Wildman–Crippen LogP) is 4.55. The number of benzene rings is 4. The molecule has 10 rings (SSSR count). The van der Waals surface area contributed by atoms with Gasteiger partial charge in [-0.05, 0) is 48.5 Å². The normalized spacial score (nSPS) is 25.2. The van der Waals surface area contributed by atoms with Gasteiger partial charge in [-0.2, -0.15) is 34.8 Å². The summed E-state index contributed by atoms with van der Waals surface area (Å²) in [5.74, 6) is -15.1. The zero-order chi connectivity index (χ0) is 65.9. The van der Waals surface area contributed by atoms with Crippen molar-refractivity contribution in [2.45, 2.75) is 73.1 Å². The predicted molar refractivity (Wildman–Crippen MR) is 304 cm³/mol. The summed E-state index contributed by atoms with van der Waals surface area (Å²) in [7, 11) is -4.33. The van der Waals surface area contributed by atoms with E-state index in [1.165, 1.54) is 60.7 Å². The number of carbonyl (C=O) groups is 7. The molecule has 0 spiro atoms. The van der Waals surface area contributed by atoms with Crippen LogP contribution in [0.15, 0.2) is 158 Å². The second kappa shape index (κ2) is 31.7.